The summed E-state index contributed by atoms with van der Waals surface area (Å²) in [4.78, 5) is 10.8. The van der Waals surface area contributed by atoms with E-state index in [1.807, 2.05) is 6.92 Å². The number of nitrogens with one attached hydrogen (secondary N) is 1. The molecule has 0 aromatic heterocycles. The van der Waals surface area contributed by atoms with E-state index in [0.717, 1.165) is 0 Å². The van der Waals surface area contributed by atoms with Crippen molar-refractivity contribution in [1.29, 1.82) is 0 Å². The molecule has 1 amide bonds. The first kappa shape index (κ1) is 8.43. The van der Waals surface area contributed by atoms with E-state index in [0.29, 0.717) is 6.54 Å². The van der Waals surface area contributed by atoms with E-state index in [9.17, 15) is 4.79 Å². The fourth-order valence-corrected chi connectivity index (χ4v) is 0.388. The van der Waals surface area contributed by atoms with Gasteiger partial charge in [-0.2, -0.15) is 0 Å². The molecule has 3 N–H and O–H groups in total. The molecule has 0 aromatic rings. The van der Waals surface area contributed by atoms with Crippen molar-refractivity contribution in [3.05, 3.63) is 0 Å². The van der Waals surface area contributed by atoms with Crippen molar-refractivity contribution in [2.45, 2.75) is 26.3 Å². The Kier molecular flexibility index (Phi) is 2.65. The highest BCUT2D eigenvalue weighted by atomic mass is 16.2. The zero-order chi connectivity index (χ0) is 7.49. The quantitative estimate of drug-likeness (QED) is 0.546. The average molecular weight is 130 g/mol. The first-order chi connectivity index (χ1) is 3.98. The van der Waals surface area contributed by atoms with Crippen LogP contribution in [0.1, 0.15) is 20.8 Å². The third-order valence-electron chi connectivity index (χ3n) is 0.923. The average Bonchev–Trinajstić information content (AvgIpc) is 1.64. The minimum absolute atomic E-state index is 0.106. The molecule has 0 unspecified atom stereocenters. The summed E-state index contributed by atoms with van der Waals surface area (Å²) in [6.07, 6.45) is 0. The predicted molar refractivity (Wildman–Crippen MR) is 37.0 cm³/mol. The maximum atomic E-state index is 10.8. The van der Waals surface area contributed by atoms with Crippen LogP contribution in [0.2, 0.25) is 0 Å². The van der Waals surface area contributed by atoms with E-state index in [4.69, 9.17) is 5.73 Å². The van der Waals surface area contributed by atoms with Crippen LogP contribution < -0.4 is 11.1 Å². The summed E-state index contributed by atoms with van der Waals surface area (Å²) in [7, 11) is 0. The third-order valence-corrected chi connectivity index (χ3v) is 0.923. The summed E-state index contributed by atoms with van der Waals surface area (Å²) in [5.74, 6) is -0.106. The first-order valence-electron chi connectivity index (χ1n) is 3.05. The number of nitrogens with two attached hydrogens (primary N) is 1. The maximum absolute atomic E-state index is 10.8. The lowest BCUT2D eigenvalue weighted by molar-refractivity contribution is -0.125. The lowest BCUT2D eigenvalue weighted by Crippen LogP contribution is -2.48. The van der Waals surface area contributed by atoms with Gasteiger partial charge < -0.3 is 11.1 Å². The molecule has 3 heteroatoms. The van der Waals surface area contributed by atoms with E-state index < -0.39 is 5.54 Å². The van der Waals surface area contributed by atoms with Gasteiger partial charge in [0.1, 0.15) is 0 Å². The van der Waals surface area contributed by atoms with E-state index in [1.54, 1.807) is 13.8 Å². The highest BCUT2D eigenvalue weighted by Crippen LogP contribution is 1.94. The van der Waals surface area contributed by atoms with Crippen LogP contribution in [0.5, 0.6) is 0 Å². The Morgan fingerprint density at radius 3 is 2.22 bits per heavy atom. The molecule has 0 radical (unpaired) electrons. The summed E-state index contributed by atoms with van der Waals surface area (Å²) in [5, 5.41) is 2.62. The minimum atomic E-state index is -0.740. The second kappa shape index (κ2) is 2.82. The topological polar surface area (TPSA) is 55.1 Å². The van der Waals surface area contributed by atoms with Crippen molar-refractivity contribution in [2.24, 2.45) is 5.73 Å². The van der Waals surface area contributed by atoms with E-state index in [1.165, 1.54) is 0 Å². The number of rotatable bonds is 2. The molecule has 0 fully saturated rings. The van der Waals surface area contributed by atoms with Crippen LogP contribution in [-0.4, -0.2) is 18.0 Å². The van der Waals surface area contributed by atoms with Crippen molar-refractivity contribution in [3.63, 3.8) is 0 Å². The highest BCUT2D eigenvalue weighted by Gasteiger charge is 2.19. The fourth-order valence-electron chi connectivity index (χ4n) is 0.388. The number of carbonyl (C=O) groups excluding carboxylic acids is 1. The normalized spacial score (nSPS) is 11.1. The van der Waals surface area contributed by atoms with Gasteiger partial charge in [0, 0.05) is 6.54 Å². The van der Waals surface area contributed by atoms with Crippen LogP contribution in [0.3, 0.4) is 0 Å². The van der Waals surface area contributed by atoms with Crippen molar-refractivity contribution in [1.82, 2.24) is 5.32 Å². The molecule has 0 bridgehead atoms. The first-order valence-corrected chi connectivity index (χ1v) is 3.05. The molecule has 9 heavy (non-hydrogen) atoms. The molecular weight excluding hydrogens is 116 g/mol. The van der Waals surface area contributed by atoms with Gasteiger partial charge in [0.15, 0.2) is 0 Å². The monoisotopic (exact) mass is 130 g/mol. The Bertz CT molecular complexity index is 104. The molecule has 0 saturated heterocycles. The van der Waals surface area contributed by atoms with E-state index in [-0.39, 0.29) is 5.91 Å². The summed E-state index contributed by atoms with van der Waals surface area (Å²) in [5.41, 5.74) is 4.71. The molecule has 0 aromatic carbocycles. The minimum Gasteiger partial charge on any atom is -0.355 e. The van der Waals surface area contributed by atoms with Gasteiger partial charge in [-0.15, -0.1) is 0 Å². The van der Waals surface area contributed by atoms with Crippen LogP contribution in [0.15, 0.2) is 0 Å². The fraction of sp³-hybridized carbons (Fsp3) is 0.833. The largest absolute Gasteiger partial charge is 0.355 e. The van der Waals surface area contributed by atoms with Gasteiger partial charge in [-0.1, -0.05) is 0 Å². The van der Waals surface area contributed by atoms with Gasteiger partial charge in [-0.25, -0.2) is 0 Å². The number of carbonyl (C=O) groups is 1. The van der Waals surface area contributed by atoms with E-state index >= 15 is 0 Å². The van der Waals surface area contributed by atoms with Crippen molar-refractivity contribution in [2.75, 3.05) is 6.54 Å². The highest BCUT2D eigenvalue weighted by molar-refractivity contribution is 5.84. The number of amides is 1. The molecule has 0 aliphatic carbocycles. The molecule has 0 spiro atoms. The molecule has 0 atom stereocenters. The number of hydrogen-bond acceptors (Lipinski definition) is 2. The molecule has 0 saturated carbocycles. The second-order valence-corrected chi connectivity index (χ2v) is 2.58. The van der Waals surface area contributed by atoms with Crippen LogP contribution >= 0.6 is 0 Å². The van der Waals surface area contributed by atoms with E-state index in [2.05, 4.69) is 5.32 Å². The zero-order valence-corrected chi connectivity index (χ0v) is 6.19. The predicted octanol–water partition coefficient (Wildman–Crippen LogP) is -0.140. The van der Waals surface area contributed by atoms with Crippen LogP contribution in [0.4, 0.5) is 0 Å². The SMILES string of the molecule is CCNC(=O)C(C)(C)N. The van der Waals surface area contributed by atoms with Gasteiger partial charge in [0.2, 0.25) is 5.91 Å². The lowest BCUT2D eigenvalue weighted by atomic mass is 10.1. The van der Waals surface area contributed by atoms with Gasteiger partial charge in [0.05, 0.1) is 5.54 Å². The molecule has 3 nitrogen and oxygen atoms in total. The Hall–Kier alpha value is -0.570. The van der Waals surface area contributed by atoms with Gasteiger partial charge in [-0.05, 0) is 20.8 Å². The Balaban J connectivity index is 3.74. The summed E-state index contributed by atoms with van der Waals surface area (Å²) < 4.78 is 0. The number of likely N-dealkylation sites (N-methyl/N-ethyl adjacent to an activating group) is 1. The standard InChI is InChI=1S/C6H14N2O/c1-4-8-5(9)6(2,3)7/h4,7H2,1-3H3,(H,8,9). The zero-order valence-electron chi connectivity index (χ0n) is 6.19. The molecular formula is C6H14N2O. The molecule has 0 aliphatic heterocycles. The van der Waals surface area contributed by atoms with Crippen molar-refractivity contribution in [3.8, 4) is 0 Å². The van der Waals surface area contributed by atoms with Crippen molar-refractivity contribution >= 4 is 5.91 Å². The lowest BCUT2D eigenvalue weighted by Gasteiger charge is -2.16. The Labute approximate surface area is 55.6 Å². The maximum Gasteiger partial charge on any atom is 0.239 e. The van der Waals surface area contributed by atoms with Crippen LogP contribution in [0.25, 0.3) is 0 Å². The molecule has 0 aliphatic rings. The molecule has 54 valence electrons. The Morgan fingerprint density at radius 1 is 1.67 bits per heavy atom. The van der Waals surface area contributed by atoms with Gasteiger partial charge >= 0.3 is 0 Å². The smallest absolute Gasteiger partial charge is 0.239 e. The number of hydrogen-bond donors (Lipinski definition) is 2. The molecule has 0 heterocycles. The summed E-state index contributed by atoms with van der Waals surface area (Å²) in [6, 6.07) is 0. The second-order valence-electron chi connectivity index (χ2n) is 2.58. The summed E-state index contributed by atoms with van der Waals surface area (Å²) in [6.45, 7) is 5.86. The van der Waals surface area contributed by atoms with Crippen LogP contribution in [0, 0.1) is 0 Å². The van der Waals surface area contributed by atoms with Gasteiger partial charge in [-0.3, -0.25) is 4.79 Å². The van der Waals surface area contributed by atoms with Crippen molar-refractivity contribution < 1.29 is 4.79 Å². The van der Waals surface area contributed by atoms with Crippen LogP contribution in [-0.2, 0) is 4.79 Å². The third kappa shape index (κ3) is 3.08. The summed E-state index contributed by atoms with van der Waals surface area (Å²) >= 11 is 0. The van der Waals surface area contributed by atoms with Gasteiger partial charge in [0.25, 0.3) is 0 Å². The molecule has 0 rings (SSSR count). The Morgan fingerprint density at radius 2 is 2.11 bits per heavy atom.